The normalized spacial score (nSPS) is 10.8. The quantitative estimate of drug-likeness (QED) is 0.782. The molecule has 1 aromatic carbocycles. The maximum absolute atomic E-state index is 13.5. The summed E-state index contributed by atoms with van der Waals surface area (Å²) in [6.07, 6.45) is 0. The van der Waals surface area contributed by atoms with Gasteiger partial charge in [-0.25, -0.2) is 4.39 Å². The van der Waals surface area contributed by atoms with Crippen LogP contribution in [0.2, 0.25) is 0 Å². The van der Waals surface area contributed by atoms with Crippen molar-refractivity contribution >= 4 is 17.6 Å². The lowest BCUT2D eigenvalue weighted by atomic mass is 10.3. The van der Waals surface area contributed by atoms with Crippen molar-refractivity contribution in [3.05, 3.63) is 30.1 Å². The number of halogens is 1. The van der Waals surface area contributed by atoms with Crippen molar-refractivity contribution in [3.63, 3.8) is 0 Å². The highest BCUT2D eigenvalue weighted by Crippen LogP contribution is 2.12. The van der Waals surface area contributed by atoms with Crippen LogP contribution < -0.4 is 5.32 Å². The van der Waals surface area contributed by atoms with Gasteiger partial charge in [0.05, 0.1) is 25.4 Å². The number of nitrogens with zero attached hydrogens (tertiary/aromatic N) is 1. The SMILES string of the molecule is CCOC(=O)CN(CC(=O)Nc1ccccc1F)C(C)C. The second kappa shape index (κ2) is 8.36. The predicted octanol–water partition coefficient (Wildman–Crippen LogP) is 2.04. The van der Waals surface area contributed by atoms with Crippen LogP contribution in [0.1, 0.15) is 20.8 Å². The van der Waals surface area contributed by atoms with Crippen LogP contribution in [0, 0.1) is 5.82 Å². The molecule has 0 heterocycles. The number of rotatable bonds is 7. The van der Waals surface area contributed by atoms with Gasteiger partial charge < -0.3 is 10.1 Å². The Balaban J connectivity index is 2.60. The molecule has 6 heteroatoms. The summed E-state index contributed by atoms with van der Waals surface area (Å²) < 4.78 is 18.3. The standard InChI is InChI=1S/C15H21FN2O3/c1-4-21-15(20)10-18(11(2)3)9-14(19)17-13-8-6-5-7-12(13)16/h5-8,11H,4,9-10H2,1-3H3,(H,17,19). The molecule has 21 heavy (non-hydrogen) atoms. The van der Waals surface area contributed by atoms with Gasteiger partial charge in [-0.3, -0.25) is 14.5 Å². The van der Waals surface area contributed by atoms with E-state index in [0.29, 0.717) is 6.61 Å². The third-order valence-electron chi connectivity index (χ3n) is 2.86. The molecule has 0 spiro atoms. The number of nitrogens with one attached hydrogen (secondary N) is 1. The Kier molecular flexibility index (Phi) is 6.81. The Morgan fingerprint density at radius 1 is 1.29 bits per heavy atom. The van der Waals surface area contributed by atoms with Gasteiger partial charge in [-0.15, -0.1) is 0 Å². The van der Waals surface area contributed by atoms with Crippen molar-refractivity contribution in [1.82, 2.24) is 4.90 Å². The fraction of sp³-hybridized carbons (Fsp3) is 0.467. The van der Waals surface area contributed by atoms with E-state index in [1.165, 1.54) is 12.1 Å². The summed E-state index contributed by atoms with van der Waals surface area (Å²) in [5, 5.41) is 2.49. The van der Waals surface area contributed by atoms with Crippen molar-refractivity contribution in [2.24, 2.45) is 0 Å². The minimum atomic E-state index is -0.493. The number of anilines is 1. The Hall–Kier alpha value is -1.95. The van der Waals surface area contributed by atoms with E-state index < -0.39 is 5.82 Å². The summed E-state index contributed by atoms with van der Waals surface area (Å²) in [7, 11) is 0. The average Bonchev–Trinajstić information content (AvgIpc) is 2.41. The summed E-state index contributed by atoms with van der Waals surface area (Å²) in [5.74, 6) is -1.25. The molecule has 0 fully saturated rings. The van der Waals surface area contributed by atoms with E-state index >= 15 is 0 Å². The van der Waals surface area contributed by atoms with Gasteiger partial charge in [0.15, 0.2) is 0 Å². The zero-order valence-electron chi connectivity index (χ0n) is 12.6. The number of para-hydroxylation sites is 1. The van der Waals surface area contributed by atoms with Crippen molar-refractivity contribution in [3.8, 4) is 0 Å². The third-order valence-corrected chi connectivity index (χ3v) is 2.86. The van der Waals surface area contributed by atoms with Gasteiger partial charge in [0.25, 0.3) is 0 Å². The predicted molar refractivity (Wildman–Crippen MR) is 78.4 cm³/mol. The van der Waals surface area contributed by atoms with Gasteiger partial charge in [-0.1, -0.05) is 12.1 Å². The molecule has 0 radical (unpaired) electrons. The molecule has 0 saturated carbocycles. The molecule has 0 bridgehead atoms. The van der Waals surface area contributed by atoms with Crippen LogP contribution in [0.25, 0.3) is 0 Å². The van der Waals surface area contributed by atoms with Crippen LogP contribution in [0.5, 0.6) is 0 Å². The molecule has 0 aliphatic rings. The lowest BCUT2D eigenvalue weighted by Crippen LogP contribution is -2.41. The summed E-state index contributed by atoms with van der Waals surface area (Å²) in [6.45, 7) is 5.78. The molecule has 0 aliphatic carbocycles. The fourth-order valence-electron chi connectivity index (χ4n) is 1.73. The zero-order chi connectivity index (χ0) is 15.8. The van der Waals surface area contributed by atoms with Gasteiger partial charge in [0.1, 0.15) is 5.82 Å². The van der Waals surface area contributed by atoms with E-state index in [4.69, 9.17) is 4.74 Å². The van der Waals surface area contributed by atoms with Crippen LogP contribution in [0.3, 0.4) is 0 Å². The third kappa shape index (κ3) is 5.91. The number of carbonyl (C=O) groups excluding carboxylic acids is 2. The molecule has 1 N–H and O–H groups in total. The average molecular weight is 296 g/mol. The summed E-state index contributed by atoms with van der Waals surface area (Å²) in [5.41, 5.74) is 0.127. The van der Waals surface area contributed by atoms with E-state index in [9.17, 15) is 14.0 Å². The maximum atomic E-state index is 13.5. The highest BCUT2D eigenvalue weighted by atomic mass is 19.1. The molecule has 1 aromatic rings. The van der Waals surface area contributed by atoms with E-state index in [2.05, 4.69) is 5.32 Å². The van der Waals surface area contributed by atoms with E-state index in [-0.39, 0.29) is 36.7 Å². The smallest absolute Gasteiger partial charge is 0.320 e. The lowest BCUT2D eigenvalue weighted by molar-refractivity contribution is -0.145. The molecule has 0 atom stereocenters. The molecule has 5 nitrogen and oxygen atoms in total. The number of benzene rings is 1. The largest absolute Gasteiger partial charge is 0.465 e. The topological polar surface area (TPSA) is 58.6 Å². The van der Waals surface area contributed by atoms with Gasteiger partial charge in [-0.05, 0) is 32.9 Å². The molecular formula is C15H21FN2O3. The number of esters is 1. The monoisotopic (exact) mass is 296 g/mol. The second-order valence-electron chi connectivity index (χ2n) is 4.83. The van der Waals surface area contributed by atoms with Gasteiger partial charge >= 0.3 is 5.97 Å². The summed E-state index contributed by atoms with van der Waals surface area (Å²) >= 11 is 0. The number of hydrogen-bond acceptors (Lipinski definition) is 4. The lowest BCUT2D eigenvalue weighted by Gasteiger charge is -2.24. The first kappa shape index (κ1) is 17.1. The second-order valence-corrected chi connectivity index (χ2v) is 4.83. The summed E-state index contributed by atoms with van der Waals surface area (Å²) in [4.78, 5) is 25.1. The van der Waals surface area contributed by atoms with Gasteiger partial charge in [-0.2, -0.15) is 0 Å². The Bertz CT molecular complexity index is 492. The van der Waals surface area contributed by atoms with Crippen LogP contribution in [-0.4, -0.2) is 42.5 Å². The van der Waals surface area contributed by atoms with Crippen molar-refractivity contribution in [2.75, 3.05) is 25.0 Å². The van der Waals surface area contributed by atoms with Crippen molar-refractivity contribution in [2.45, 2.75) is 26.8 Å². The molecule has 116 valence electrons. The van der Waals surface area contributed by atoms with Crippen LogP contribution >= 0.6 is 0 Å². The molecule has 0 saturated heterocycles. The highest BCUT2D eigenvalue weighted by Gasteiger charge is 2.18. The first-order valence-electron chi connectivity index (χ1n) is 6.88. The minimum absolute atomic E-state index is 0.00911. The highest BCUT2D eigenvalue weighted by molar-refractivity contribution is 5.92. The molecule has 0 unspecified atom stereocenters. The van der Waals surface area contributed by atoms with Crippen LogP contribution in [0.15, 0.2) is 24.3 Å². The van der Waals surface area contributed by atoms with Crippen LogP contribution in [0.4, 0.5) is 10.1 Å². The number of amides is 1. The first-order valence-corrected chi connectivity index (χ1v) is 6.88. The Labute approximate surface area is 124 Å². The fourth-order valence-corrected chi connectivity index (χ4v) is 1.73. The minimum Gasteiger partial charge on any atom is -0.465 e. The summed E-state index contributed by atoms with van der Waals surface area (Å²) in [6, 6.07) is 5.93. The Morgan fingerprint density at radius 3 is 2.52 bits per heavy atom. The van der Waals surface area contributed by atoms with Crippen molar-refractivity contribution in [1.29, 1.82) is 0 Å². The molecule has 1 amide bonds. The Morgan fingerprint density at radius 2 is 1.95 bits per heavy atom. The number of ether oxygens (including phenoxy) is 1. The van der Waals surface area contributed by atoms with E-state index in [0.717, 1.165) is 0 Å². The van der Waals surface area contributed by atoms with Gasteiger partial charge in [0.2, 0.25) is 5.91 Å². The maximum Gasteiger partial charge on any atom is 0.320 e. The zero-order valence-corrected chi connectivity index (χ0v) is 12.6. The number of carbonyl (C=O) groups is 2. The first-order chi connectivity index (χ1) is 9.93. The molecular weight excluding hydrogens is 275 g/mol. The number of hydrogen-bond donors (Lipinski definition) is 1. The molecule has 1 rings (SSSR count). The van der Waals surface area contributed by atoms with Gasteiger partial charge in [0, 0.05) is 6.04 Å². The van der Waals surface area contributed by atoms with Crippen molar-refractivity contribution < 1.29 is 18.7 Å². The van der Waals surface area contributed by atoms with E-state index in [1.54, 1.807) is 24.0 Å². The molecule has 0 aromatic heterocycles. The van der Waals surface area contributed by atoms with E-state index in [1.807, 2.05) is 13.8 Å². The van der Waals surface area contributed by atoms with Crippen LogP contribution in [-0.2, 0) is 14.3 Å². The molecule has 0 aliphatic heterocycles.